The summed E-state index contributed by atoms with van der Waals surface area (Å²) in [5.41, 5.74) is 1.69. The molecule has 0 unspecified atom stereocenters. The van der Waals surface area contributed by atoms with Gasteiger partial charge in [0.25, 0.3) is 5.91 Å². The zero-order chi connectivity index (χ0) is 21.1. The number of carbonyl (C=O) groups is 1. The van der Waals surface area contributed by atoms with Crippen LogP contribution in [-0.2, 0) is 0 Å². The summed E-state index contributed by atoms with van der Waals surface area (Å²) in [5, 5.41) is 0.622. The molecule has 0 N–H and O–H groups in total. The van der Waals surface area contributed by atoms with Crippen molar-refractivity contribution in [1.29, 1.82) is 0 Å². The second-order valence-electron chi connectivity index (χ2n) is 7.38. The third-order valence-electron chi connectivity index (χ3n) is 5.24. The van der Waals surface area contributed by atoms with Gasteiger partial charge < -0.3 is 14.5 Å². The van der Waals surface area contributed by atoms with Crippen molar-refractivity contribution >= 4 is 23.3 Å². The number of nitrogens with zero attached hydrogens (tertiary/aromatic N) is 4. The summed E-state index contributed by atoms with van der Waals surface area (Å²) in [6.07, 6.45) is 1.51. The van der Waals surface area contributed by atoms with E-state index in [2.05, 4.69) is 14.9 Å². The van der Waals surface area contributed by atoms with Gasteiger partial charge in [0.05, 0.1) is 0 Å². The molecule has 1 aliphatic heterocycles. The fourth-order valence-corrected chi connectivity index (χ4v) is 3.69. The van der Waals surface area contributed by atoms with Gasteiger partial charge in [0.1, 0.15) is 17.9 Å². The molecule has 4 rings (SSSR count). The summed E-state index contributed by atoms with van der Waals surface area (Å²) in [4.78, 5) is 25.6. The standard InChI is InChI=1S/C23H23ClN4O2/c1-16-5-3-4-6-20(16)30-22-13-21(25-15-26-22)27-11-12-28(17(2)14-27)23(29)18-7-9-19(24)10-8-18/h3-10,13,15,17H,11-12,14H2,1-2H3/t17-/m1/s1. The number of aromatic nitrogens is 2. The van der Waals surface area contributed by atoms with Crippen LogP contribution in [0.3, 0.4) is 0 Å². The number of rotatable bonds is 4. The Bertz CT molecular complexity index is 1040. The van der Waals surface area contributed by atoms with Crippen molar-refractivity contribution in [3.8, 4) is 11.6 Å². The maximum atomic E-state index is 12.9. The number of halogens is 1. The fourth-order valence-electron chi connectivity index (χ4n) is 3.57. The molecule has 1 atom stereocenters. The Balaban J connectivity index is 1.45. The molecule has 3 aromatic rings. The number of hydrogen-bond acceptors (Lipinski definition) is 5. The van der Waals surface area contributed by atoms with Crippen molar-refractivity contribution in [2.24, 2.45) is 0 Å². The van der Waals surface area contributed by atoms with Gasteiger partial charge in [-0.05, 0) is 49.7 Å². The first-order valence-corrected chi connectivity index (χ1v) is 10.3. The van der Waals surface area contributed by atoms with Crippen molar-refractivity contribution in [2.45, 2.75) is 19.9 Å². The average molecular weight is 423 g/mol. The normalized spacial score (nSPS) is 16.4. The molecule has 0 spiro atoms. The molecule has 2 aromatic carbocycles. The van der Waals surface area contributed by atoms with Gasteiger partial charge in [-0.1, -0.05) is 29.8 Å². The monoisotopic (exact) mass is 422 g/mol. The lowest BCUT2D eigenvalue weighted by Crippen LogP contribution is -2.54. The first-order valence-electron chi connectivity index (χ1n) is 9.88. The number of piperazine rings is 1. The molecule has 7 heteroatoms. The maximum absolute atomic E-state index is 12.9. The molecule has 6 nitrogen and oxygen atoms in total. The molecule has 1 aliphatic rings. The molecule has 0 bridgehead atoms. The summed E-state index contributed by atoms with van der Waals surface area (Å²) >= 11 is 5.94. The van der Waals surface area contributed by atoms with Crippen LogP contribution in [0.1, 0.15) is 22.8 Å². The van der Waals surface area contributed by atoms with E-state index in [1.165, 1.54) is 6.33 Å². The Morgan fingerprint density at radius 2 is 1.87 bits per heavy atom. The quantitative estimate of drug-likeness (QED) is 0.615. The first-order chi connectivity index (χ1) is 14.5. The average Bonchev–Trinajstić information content (AvgIpc) is 2.75. The lowest BCUT2D eigenvalue weighted by Gasteiger charge is -2.40. The van der Waals surface area contributed by atoms with Gasteiger partial charge in [0.2, 0.25) is 5.88 Å². The topological polar surface area (TPSA) is 58.6 Å². The molecule has 0 saturated carbocycles. The zero-order valence-electron chi connectivity index (χ0n) is 17.0. The van der Waals surface area contributed by atoms with Crippen molar-refractivity contribution in [1.82, 2.24) is 14.9 Å². The van der Waals surface area contributed by atoms with E-state index in [4.69, 9.17) is 16.3 Å². The highest BCUT2D eigenvalue weighted by Crippen LogP contribution is 2.26. The van der Waals surface area contributed by atoms with Gasteiger partial charge in [0, 0.05) is 42.3 Å². The lowest BCUT2D eigenvalue weighted by molar-refractivity contribution is 0.0673. The van der Waals surface area contributed by atoms with E-state index >= 15 is 0 Å². The van der Waals surface area contributed by atoms with Gasteiger partial charge >= 0.3 is 0 Å². The Hall–Kier alpha value is -3.12. The van der Waals surface area contributed by atoms with Crippen LogP contribution in [0.15, 0.2) is 60.9 Å². The first kappa shape index (κ1) is 20.2. The highest BCUT2D eigenvalue weighted by molar-refractivity contribution is 6.30. The molecular weight excluding hydrogens is 400 g/mol. The largest absolute Gasteiger partial charge is 0.439 e. The molecule has 0 aliphatic carbocycles. The SMILES string of the molecule is Cc1ccccc1Oc1cc(N2CCN(C(=O)c3ccc(Cl)cc3)[C@H](C)C2)ncn1. The third kappa shape index (κ3) is 4.39. The lowest BCUT2D eigenvalue weighted by atomic mass is 10.1. The molecule has 30 heavy (non-hydrogen) atoms. The summed E-state index contributed by atoms with van der Waals surface area (Å²) < 4.78 is 5.94. The second-order valence-corrected chi connectivity index (χ2v) is 7.82. The highest BCUT2D eigenvalue weighted by atomic mass is 35.5. The molecule has 2 heterocycles. The van der Waals surface area contributed by atoms with Crippen LogP contribution in [0.2, 0.25) is 5.02 Å². The van der Waals surface area contributed by atoms with Gasteiger partial charge in [-0.25, -0.2) is 9.97 Å². The number of para-hydroxylation sites is 1. The van der Waals surface area contributed by atoms with E-state index in [1.54, 1.807) is 24.3 Å². The van der Waals surface area contributed by atoms with Crippen LogP contribution in [0.25, 0.3) is 0 Å². The van der Waals surface area contributed by atoms with Gasteiger partial charge in [-0.2, -0.15) is 0 Å². The van der Waals surface area contributed by atoms with Crippen molar-refractivity contribution in [3.63, 3.8) is 0 Å². The van der Waals surface area contributed by atoms with Crippen molar-refractivity contribution < 1.29 is 9.53 Å². The van der Waals surface area contributed by atoms with Crippen molar-refractivity contribution in [3.05, 3.63) is 77.1 Å². The van der Waals surface area contributed by atoms with Gasteiger partial charge in [0.15, 0.2) is 0 Å². The number of amides is 1. The van der Waals surface area contributed by atoms with Crippen LogP contribution in [0.4, 0.5) is 5.82 Å². The molecule has 154 valence electrons. The summed E-state index contributed by atoms with van der Waals surface area (Å²) in [7, 11) is 0. The fraction of sp³-hybridized carbons (Fsp3) is 0.261. The third-order valence-corrected chi connectivity index (χ3v) is 5.49. The molecule has 0 radical (unpaired) electrons. The minimum atomic E-state index is 0.0186. The zero-order valence-corrected chi connectivity index (χ0v) is 17.7. The summed E-state index contributed by atoms with van der Waals surface area (Å²) in [5.74, 6) is 2.08. The smallest absolute Gasteiger partial charge is 0.254 e. The minimum absolute atomic E-state index is 0.0186. The predicted octanol–water partition coefficient (Wildman–Crippen LogP) is 4.58. The number of anilines is 1. The summed E-state index contributed by atoms with van der Waals surface area (Å²) in [6, 6.07) is 16.7. The number of hydrogen-bond donors (Lipinski definition) is 0. The van der Waals surface area contributed by atoms with Crippen LogP contribution in [0.5, 0.6) is 11.6 Å². The molecular formula is C23H23ClN4O2. The molecule has 1 amide bonds. The number of ether oxygens (including phenoxy) is 1. The predicted molar refractivity (Wildman–Crippen MR) is 117 cm³/mol. The van der Waals surface area contributed by atoms with Gasteiger partial charge in [-0.3, -0.25) is 4.79 Å². The van der Waals surface area contributed by atoms with E-state index in [0.717, 1.165) is 17.1 Å². The van der Waals surface area contributed by atoms with Crippen LogP contribution < -0.4 is 9.64 Å². The van der Waals surface area contributed by atoms with Crippen LogP contribution >= 0.6 is 11.6 Å². The van der Waals surface area contributed by atoms with E-state index in [1.807, 2.05) is 49.1 Å². The number of aryl methyl sites for hydroxylation is 1. The van der Waals surface area contributed by atoms with E-state index in [0.29, 0.717) is 36.1 Å². The van der Waals surface area contributed by atoms with Crippen LogP contribution in [0, 0.1) is 6.92 Å². The Morgan fingerprint density at radius 1 is 1.10 bits per heavy atom. The van der Waals surface area contributed by atoms with Crippen molar-refractivity contribution in [2.75, 3.05) is 24.5 Å². The van der Waals surface area contributed by atoms with Crippen LogP contribution in [-0.4, -0.2) is 46.5 Å². The Labute approximate surface area is 181 Å². The van der Waals surface area contributed by atoms with E-state index in [9.17, 15) is 4.79 Å². The molecule has 1 saturated heterocycles. The number of carbonyl (C=O) groups excluding carboxylic acids is 1. The number of benzene rings is 2. The second kappa shape index (κ2) is 8.71. The molecule has 1 aromatic heterocycles. The highest BCUT2D eigenvalue weighted by Gasteiger charge is 2.29. The summed E-state index contributed by atoms with van der Waals surface area (Å²) in [6.45, 7) is 6.02. The minimum Gasteiger partial charge on any atom is -0.439 e. The van der Waals surface area contributed by atoms with E-state index in [-0.39, 0.29) is 11.9 Å². The Morgan fingerprint density at radius 3 is 2.60 bits per heavy atom. The maximum Gasteiger partial charge on any atom is 0.254 e. The van der Waals surface area contributed by atoms with Gasteiger partial charge in [-0.15, -0.1) is 0 Å². The Kier molecular flexibility index (Phi) is 5.86. The molecule has 1 fully saturated rings. The van der Waals surface area contributed by atoms with E-state index < -0.39 is 0 Å².